The quantitative estimate of drug-likeness (QED) is 0.756. The van der Waals surface area contributed by atoms with Crippen LogP contribution in [-0.2, 0) is 10.0 Å². The van der Waals surface area contributed by atoms with E-state index in [0.29, 0.717) is 9.86 Å². The Hall–Kier alpha value is -1.86. The number of halogens is 1. The van der Waals surface area contributed by atoms with Gasteiger partial charge in [-0.05, 0) is 41.1 Å². The fourth-order valence-electron chi connectivity index (χ4n) is 2.04. The molecule has 0 saturated heterocycles. The van der Waals surface area contributed by atoms with E-state index in [4.69, 9.17) is 0 Å². The summed E-state index contributed by atoms with van der Waals surface area (Å²) in [4.78, 5) is 4.21. The summed E-state index contributed by atoms with van der Waals surface area (Å²) in [6.07, 6.45) is 2.64. The Balaban J connectivity index is 2.25. The maximum Gasteiger partial charge on any atom is 0.269 e. The number of hydrogen-bond donors (Lipinski definition) is 1. The van der Waals surface area contributed by atoms with Crippen LogP contribution in [-0.4, -0.2) is 22.5 Å². The summed E-state index contributed by atoms with van der Waals surface area (Å²) in [6.45, 7) is 1.89. The fourth-order valence-corrected chi connectivity index (χ4v) is 3.75. The zero-order valence-electron chi connectivity index (χ0n) is 11.0. The lowest BCUT2D eigenvalue weighted by atomic mass is 10.2. The van der Waals surface area contributed by atoms with Gasteiger partial charge in [-0.2, -0.15) is 0 Å². The van der Waals surface area contributed by atoms with E-state index in [2.05, 4.69) is 20.9 Å². The molecule has 0 atom stereocenters. The average Bonchev–Trinajstić information content (AvgIpc) is 2.89. The summed E-state index contributed by atoms with van der Waals surface area (Å²) in [5.74, 6) is -0.0343. The predicted octanol–water partition coefficient (Wildman–Crippen LogP) is 3.05. The van der Waals surface area contributed by atoms with Crippen molar-refractivity contribution in [2.75, 3.05) is 0 Å². The highest BCUT2D eigenvalue weighted by Gasteiger charge is 2.21. The van der Waals surface area contributed by atoms with E-state index in [0.717, 1.165) is 9.54 Å². The molecular formula is C14H11BrN2O3S. The number of aromatic nitrogens is 2. The number of fused-ring (bicyclic) bond motifs is 1. The minimum atomic E-state index is -3.72. The molecule has 5 nitrogen and oxygen atoms in total. The second-order valence-electron chi connectivity index (χ2n) is 4.62. The summed E-state index contributed by atoms with van der Waals surface area (Å²) < 4.78 is 26.9. The van der Waals surface area contributed by atoms with Gasteiger partial charge < -0.3 is 5.11 Å². The first-order valence-corrected chi connectivity index (χ1v) is 8.31. The lowest BCUT2D eigenvalue weighted by molar-refractivity contribution is 0.470. The number of aryl methyl sites for hydroxylation is 1. The van der Waals surface area contributed by atoms with Crippen molar-refractivity contribution in [2.45, 2.75) is 11.8 Å². The molecule has 0 radical (unpaired) electrons. The molecule has 0 saturated carbocycles. The van der Waals surface area contributed by atoms with Crippen molar-refractivity contribution in [2.24, 2.45) is 0 Å². The Morgan fingerprint density at radius 2 is 1.86 bits per heavy atom. The van der Waals surface area contributed by atoms with E-state index >= 15 is 0 Å². The van der Waals surface area contributed by atoms with Crippen molar-refractivity contribution in [3.63, 3.8) is 0 Å². The van der Waals surface area contributed by atoms with Crippen LogP contribution < -0.4 is 0 Å². The largest absolute Gasteiger partial charge is 0.505 e. The molecule has 0 fully saturated rings. The Labute approximate surface area is 130 Å². The van der Waals surface area contributed by atoms with E-state index in [1.807, 2.05) is 6.92 Å². The van der Waals surface area contributed by atoms with Crippen molar-refractivity contribution in [3.05, 3.63) is 52.8 Å². The topological polar surface area (TPSA) is 72.2 Å². The van der Waals surface area contributed by atoms with E-state index < -0.39 is 10.0 Å². The molecule has 0 spiro atoms. The van der Waals surface area contributed by atoms with Gasteiger partial charge in [-0.1, -0.05) is 17.7 Å². The highest BCUT2D eigenvalue weighted by molar-refractivity contribution is 9.10. The number of aromatic hydroxyl groups is 1. The van der Waals surface area contributed by atoms with Gasteiger partial charge in [0.05, 0.1) is 15.6 Å². The van der Waals surface area contributed by atoms with Crippen LogP contribution in [0.3, 0.4) is 0 Å². The first kappa shape index (κ1) is 14.1. The lowest BCUT2D eigenvalue weighted by Crippen LogP contribution is -2.12. The number of hydrogen-bond acceptors (Lipinski definition) is 4. The Morgan fingerprint density at radius 1 is 1.19 bits per heavy atom. The first-order valence-electron chi connectivity index (χ1n) is 6.08. The van der Waals surface area contributed by atoms with Crippen LogP contribution >= 0.6 is 15.9 Å². The highest BCUT2D eigenvalue weighted by Crippen LogP contribution is 2.32. The summed E-state index contributed by atoms with van der Waals surface area (Å²) >= 11 is 3.23. The molecule has 0 aliphatic heterocycles. The Morgan fingerprint density at radius 3 is 2.52 bits per heavy atom. The molecule has 0 bridgehead atoms. The van der Waals surface area contributed by atoms with Crippen molar-refractivity contribution in [3.8, 4) is 5.75 Å². The second kappa shape index (κ2) is 4.85. The number of rotatable bonds is 2. The maximum atomic E-state index is 12.7. The second-order valence-corrected chi connectivity index (χ2v) is 7.23. The van der Waals surface area contributed by atoms with Gasteiger partial charge >= 0.3 is 0 Å². The van der Waals surface area contributed by atoms with Crippen molar-refractivity contribution < 1.29 is 13.5 Å². The molecule has 21 heavy (non-hydrogen) atoms. The van der Waals surface area contributed by atoms with Crippen molar-refractivity contribution >= 4 is 37.0 Å². The van der Waals surface area contributed by atoms with Crippen LogP contribution in [0, 0.1) is 6.92 Å². The van der Waals surface area contributed by atoms with Crippen LogP contribution in [0.25, 0.3) is 11.0 Å². The van der Waals surface area contributed by atoms with Gasteiger partial charge in [0, 0.05) is 11.6 Å². The maximum absolute atomic E-state index is 12.7. The predicted molar refractivity (Wildman–Crippen MR) is 82.9 cm³/mol. The third-order valence-corrected chi connectivity index (χ3v) is 5.69. The molecule has 0 amide bonds. The van der Waals surface area contributed by atoms with Crippen molar-refractivity contribution in [1.82, 2.24) is 8.96 Å². The molecule has 0 aliphatic rings. The standard InChI is InChI=1S/C14H11BrN2O3S/c1-9-2-4-10(5-3-9)21(19,20)17-7-6-11-13(15)12(18)8-16-14(11)17/h2-8,18H,1H3. The average molecular weight is 367 g/mol. The smallest absolute Gasteiger partial charge is 0.269 e. The normalized spacial score (nSPS) is 11.9. The van der Waals surface area contributed by atoms with Crippen LogP contribution in [0.2, 0.25) is 0 Å². The SMILES string of the molecule is Cc1ccc(S(=O)(=O)n2ccc3c(Br)c(O)cnc32)cc1. The fraction of sp³-hybridized carbons (Fsp3) is 0.0714. The molecule has 2 aromatic heterocycles. The molecular weight excluding hydrogens is 356 g/mol. The summed E-state index contributed by atoms with van der Waals surface area (Å²) in [6, 6.07) is 8.21. The summed E-state index contributed by atoms with van der Waals surface area (Å²) in [5.41, 5.74) is 1.25. The summed E-state index contributed by atoms with van der Waals surface area (Å²) in [5, 5.41) is 10.1. The molecule has 0 unspecified atom stereocenters. The minimum Gasteiger partial charge on any atom is -0.505 e. The zero-order chi connectivity index (χ0) is 15.2. The monoisotopic (exact) mass is 366 g/mol. The van der Waals surface area contributed by atoms with E-state index in [1.54, 1.807) is 30.3 Å². The number of nitrogens with zero attached hydrogens (tertiary/aromatic N) is 2. The Bertz CT molecular complexity index is 931. The number of pyridine rings is 1. The lowest BCUT2D eigenvalue weighted by Gasteiger charge is -2.07. The first-order chi connectivity index (χ1) is 9.91. The summed E-state index contributed by atoms with van der Waals surface area (Å²) in [7, 11) is -3.72. The van der Waals surface area contributed by atoms with Gasteiger partial charge in [-0.3, -0.25) is 0 Å². The minimum absolute atomic E-state index is 0.0343. The third kappa shape index (κ3) is 2.22. The molecule has 2 heterocycles. The van der Waals surface area contributed by atoms with Crippen LogP contribution in [0.1, 0.15) is 5.56 Å². The van der Waals surface area contributed by atoms with Crippen LogP contribution in [0.5, 0.6) is 5.75 Å². The molecule has 1 N–H and O–H groups in total. The van der Waals surface area contributed by atoms with Gasteiger partial charge in [-0.15, -0.1) is 0 Å². The number of benzene rings is 1. The van der Waals surface area contributed by atoms with E-state index in [-0.39, 0.29) is 16.3 Å². The zero-order valence-corrected chi connectivity index (χ0v) is 13.4. The van der Waals surface area contributed by atoms with Crippen molar-refractivity contribution in [1.29, 1.82) is 0 Å². The Kier molecular flexibility index (Phi) is 3.26. The highest BCUT2D eigenvalue weighted by atomic mass is 79.9. The molecule has 1 aromatic carbocycles. The van der Waals surface area contributed by atoms with Gasteiger partial charge in [-0.25, -0.2) is 17.4 Å². The molecule has 7 heteroatoms. The molecule has 108 valence electrons. The van der Waals surface area contributed by atoms with E-state index in [9.17, 15) is 13.5 Å². The molecule has 0 aliphatic carbocycles. The van der Waals surface area contributed by atoms with Gasteiger partial charge in [0.25, 0.3) is 10.0 Å². The molecule has 3 aromatic rings. The van der Waals surface area contributed by atoms with Gasteiger partial charge in [0.1, 0.15) is 5.75 Å². The molecule has 3 rings (SSSR count). The van der Waals surface area contributed by atoms with Gasteiger partial charge in [0.15, 0.2) is 5.65 Å². The third-order valence-electron chi connectivity index (χ3n) is 3.17. The van der Waals surface area contributed by atoms with E-state index in [1.165, 1.54) is 12.4 Å². The van der Waals surface area contributed by atoms with Gasteiger partial charge in [0.2, 0.25) is 0 Å². The van der Waals surface area contributed by atoms with Crippen LogP contribution in [0.15, 0.2) is 52.1 Å². The van der Waals surface area contributed by atoms with Crippen LogP contribution in [0.4, 0.5) is 0 Å².